The summed E-state index contributed by atoms with van der Waals surface area (Å²) in [7, 11) is 1.66. The van der Waals surface area contributed by atoms with Gasteiger partial charge in [0.2, 0.25) is 0 Å². The normalized spacial score (nSPS) is 11.6. The van der Waals surface area contributed by atoms with Gasteiger partial charge in [-0.1, -0.05) is 32.9 Å². The maximum atomic E-state index is 5.96. The van der Waals surface area contributed by atoms with Gasteiger partial charge in [-0.2, -0.15) is 0 Å². The predicted octanol–water partition coefficient (Wildman–Crippen LogP) is 6.93. The Kier molecular flexibility index (Phi) is 6.15. The third-order valence-electron chi connectivity index (χ3n) is 5.07. The van der Waals surface area contributed by atoms with Crippen molar-refractivity contribution in [1.29, 1.82) is 0 Å². The molecule has 3 aromatic carbocycles. The van der Waals surface area contributed by atoms with E-state index in [2.05, 4.69) is 37.9 Å². The van der Waals surface area contributed by atoms with Crippen molar-refractivity contribution in [2.75, 3.05) is 7.11 Å². The Morgan fingerprint density at radius 3 is 1.86 bits per heavy atom. The van der Waals surface area contributed by atoms with Crippen LogP contribution in [0.1, 0.15) is 38.3 Å². The van der Waals surface area contributed by atoms with E-state index in [0.29, 0.717) is 0 Å². The molecule has 0 bridgehead atoms. The second kappa shape index (κ2) is 8.75. The van der Waals surface area contributed by atoms with Gasteiger partial charge < -0.3 is 9.47 Å². The van der Waals surface area contributed by atoms with Crippen molar-refractivity contribution in [3.63, 3.8) is 0 Å². The first kappa shape index (κ1) is 19.7. The average molecular weight is 373 g/mol. The maximum absolute atomic E-state index is 5.96. The molecule has 0 saturated carbocycles. The average Bonchev–Trinajstić information content (AvgIpc) is 2.74. The Bertz CT molecular complexity index is 908. The molecule has 0 aliphatic rings. The van der Waals surface area contributed by atoms with Crippen LogP contribution in [0.2, 0.25) is 0 Å². The van der Waals surface area contributed by atoms with Crippen LogP contribution in [-0.4, -0.2) is 13.3 Å². The summed E-state index contributed by atoms with van der Waals surface area (Å²) >= 11 is 0. The van der Waals surface area contributed by atoms with E-state index < -0.39 is 0 Å². The number of rotatable bonds is 7. The Hall–Kier alpha value is -3.07. The minimum Gasteiger partial charge on any atom is -0.497 e. The van der Waals surface area contributed by atoms with Crippen molar-refractivity contribution in [1.82, 2.24) is 0 Å². The summed E-state index contributed by atoms with van der Waals surface area (Å²) in [5.74, 6) is 2.47. The number of methoxy groups -OCH3 is 1. The van der Waals surface area contributed by atoms with Gasteiger partial charge in [0.05, 0.1) is 12.8 Å². The summed E-state index contributed by atoms with van der Waals surface area (Å²) in [5.41, 5.74) is 3.41. The molecule has 0 aliphatic heterocycles. The van der Waals surface area contributed by atoms with E-state index in [-0.39, 0.29) is 5.41 Å². The highest BCUT2D eigenvalue weighted by Gasteiger charge is 2.17. The molecule has 3 rings (SSSR count). The van der Waals surface area contributed by atoms with Crippen LogP contribution in [0, 0.1) is 0 Å². The second-order valence-corrected chi connectivity index (χ2v) is 7.39. The molecule has 0 atom stereocenters. The predicted molar refractivity (Wildman–Crippen MR) is 117 cm³/mol. The van der Waals surface area contributed by atoms with Gasteiger partial charge in [0, 0.05) is 6.21 Å². The summed E-state index contributed by atoms with van der Waals surface area (Å²) in [6, 6.07) is 23.9. The largest absolute Gasteiger partial charge is 0.497 e. The lowest BCUT2D eigenvalue weighted by Crippen LogP contribution is -2.14. The fourth-order valence-electron chi connectivity index (χ4n) is 2.75. The van der Waals surface area contributed by atoms with Crippen molar-refractivity contribution in [3.05, 3.63) is 83.9 Å². The fraction of sp³-hybridized carbons (Fsp3) is 0.240. The number of hydrogen-bond acceptors (Lipinski definition) is 3. The number of aliphatic imine (C=N–C) groups is 1. The number of ether oxygens (including phenoxy) is 2. The molecule has 0 heterocycles. The first-order chi connectivity index (χ1) is 13.5. The first-order valence-corrected chi connectivity index (χ1v) is 9.57. The number of hydrogen-bond donors (Lipinski definition) is 0. The molecule has 0 unspecified atom stereocenters. The van der Waals surface area contributed by atoms with Gasteiger partial charge in [0.1, 0.15) is 17.2 Å². The van der Waals surface area contributed by atoms with Crippen molar-refractivity contribution in [3.8, 4) is 17.2 Å². The summed E-state index contributed by atoms with van der Waals surface area (Å²) in [5, 5.41) is 0. The van der Waals surface area contributed by atoms with Crippen molar-refractivity contribution in [2.45, 2.75) is 32.6 Å². The Morgan fingerprint density at radius 1 is 0.786 bits per heavy atom. The van der Waals surface area contributed by atoms with Gasteiger partial charge in [-0.25, -0.2) is 0 Å². The van der Waals surface area contributed by atoms with Crippen LogP contribution >= 0.6 is 0 Å². The number of nitrogens with zero attached hydrogens (tertiary/aromatic N) is 1. The molecule has 0 aliphatic carbocycles. The van der Waals surface area contributed by atoms with Gasteiger partial charge in [-0.15, -0.1) is 0 Å². The van der Waals surface area contributed by atoms with E-state index in [9.17, 15) is 0 Å². The van der Waals surface area contributed by atoms with Crippen LogP contribution in [0.15, 0.2) is 77.8 Å². The lowest BCUT2D eigenvalue weighted by molar-refractivity contribution is 0.415. The summed E-state index contributed by atoms with van der Waals surface area (Å²) in [6.07, 6.45) is 2.94. The minimum atomic E-state index is 0.183. The SMILES string of the molecule is CCC(C)(C)c1ccc(Oc2ccc(N=Cc3ccc(OC)cc3)cc2)cc1. The lowest BCUT2D eigenvalue weighted by Gasteiger charge is -2.23. The molecule has 0 N–H and O–H groups in total. The monoisotopic (exact) mass is 373 g/mol. The third-order valence-corrected chi connectivity index (χ3v) is 5.07. The van der Waals surface area contributed by atoms with E-state index in [0.717, 1.165) is 34.9 Å². The van der Waals surface area contributed by atoms with Gasteiger partial charge >= 0.3 is 0 Å². The van der Waals surface area contributed by atoms with Gasteiger partial charge in [0.25, 0.3) is 0 Å². The molecule has 0 fully saturated rings. The summed E-state index contributed by atoms with van der Waals surface area (Å²) < 4.78 is 11.1. The first-order valence-electron chi connectivity index (χ1n) is 9.57. The Balaban J connectivity index is 1.63. The molecule has 28 heavy (non-hydrogen) atoms. The highest BCUT2D eigenvalue weighted by Crippen LogP contribution is 2.30. The zero-order valence-electron chi connectivity index (χ0n) is 17.0. The van der Waals surface area contributed by atoms with Gasteiger partial charge in [-0.05, 0) is 83.6 Å². The van der Waals surface area contributed by atoms with E-state index in [4.69, 9.17) is 9.47 Å². The van der Waals surface area contributed by atoms with E-state index in [1.807, 2.05) is 66.9 Å². The quantitative estimate of drug-likeness (QED) is 0.421. The van der Waals surface area contributed by atoms with Crippen LogP contribution in [0.3, 0.4) is 0 Å². The van der Waals surface area contributed by atoms with Crippen molar-refractivity contribution in [2.24, 2.45) is 4.99 Å². The molecule has 0 aromatic heterocycles. The van der Waals surface area contributed by atoms with E-state index in [1.54, 1.807) is 7.11 Å². The molecular weight excluding hydrogens is 346 g/mol. The molecule has 3 aromatic rings. The van der Waals surface area contributed by atoms with Crippen LogP contribution in [0.5, 0.6) is 17.2 Å². The molecular formula is C25H27NO2. The molecule has 0 radical (unpaired) electrons. The molecule has 0 amide bonds. The summed E-state index contributed by atoms with van der Waals surface area (Å²) in [6.45, 7) is 6.73. The van der Waals surface area contributed by atoms with Crippen LogP contribution < -0.4 is 9.47 Å². The van der Waals surface area contributed by atoms with E-state index in [1.165, 1.54) is 5.56 Å². The van der Waals surface area contributed by atoms with Crippen LogP contribution in [0.25, 0.3) is 0 Å². The highest BCUT2D eigenvalue weighted by atomic mass is 16.5. The van der Waals surface area contributed by atoms with Crippen LogP contribution in [0.4, 0.5) is 5.69 Å². The zero-order chi connectivity index (χ0) is 20.0. The molecule has 0 spiro atoms. The number of benzene rings is 3. The fourth-order valence-corrected chi connectivity index (χ4v) is 2.75. The standard InChI is InChI=1S/C25H27NO2/c1-5-25(2,3)20-8-14-23(15-9-20)28-24-16-10-21(11-17-24)26-18-19-6-12-22(27-4)13-7-19/h6-18H,5H2,1-4H3. The second-order valence-electron chi connectivity index (χ2n) is 7.39. The Labute approximate surface area is 167 Å². The zero-order valence-corrected chi connectivity index (χ0v) is 17.0. The van der Waals surface area contributed by atoms with Crippen LogP contribution in [-0.2, 0) is 5.41 Å². The van der Waals surface area contributed by atoms with Gasteiger partial charge in [-0.3, -0.25) is 4.99 Å². The van der Waals surface area contributed by atoms with Crippen molar-refractivity contribution < 1.29 is 9.47 Å². The molecule has 3 heteroatoms. The third kappa shape index (κ3) is 5.01. The topological polar surface area (TPSA) is 30.8 Å². The minimum absolute atomic E-state index is 0.183. The summed E-state index contributed by atoms with van der Waals surface area (Å²) in [4.78, 5) is 4.51. The Morgan fingerprint density at radius 2 is 1.32 bits per heavy atom. The lowest BCUT2D eigenvalue weighted by atomic mass is 9.82. The smallest absolute Gasteiger partial charge is 0.127 e. The molecule has 144 valence electrons. The van der Waals surface area contributed by atoms with Crippen molar-refractivity contribution >= 4 is 11.9 Å². The molecule has 0 saturated heterocycles. The van der Waals surface area contributed by atoms with E-state index >= 15 is 0 Å². The highest BCUT2D eigenvalue weighted by molar-refractivity contribution is 5.82. The maximum Gasteiger partial charge on any atom is 0.127 e. The molecule has 3 nitrogen and oxygen atoms in total. The van der Waals surface area contributed by atoms with Gasteiger partial charge in [0.15, 0.2) is 0 Å².